The SMILES string of the molecule is Cc1nnc(C2CN(C)C2)o1. The molecule has 0 aromatic carbocycles. The van der Waals surface area contributed by atoms with Gasteiger partial charge in [-0.05, 0) is 7.05 Å². The van der Waals surface area contributed by atoms with Gasteiger partial charge in [-0.2, -0.15) is 0 Å². The van der Waals surface area contributed by atoms with E-state index in [1.807, 2.05) is 6.92 Å². The van der Waals surface area contributed by atoms with Crippen LogP contribution in [0.15, 0.2) is 4.42 Å². The lowest BCUT2D eigenvalue weighted by atomic mass is 10.0. The highest BCUT2D eigenvalue weighted by Crippen LogP contribution is 2.23. The standard InChI is InChI=1S/C7H11N3O/c1-5-8-9-7(11-5)6-3-10(2)4-6/h6H,3-4H2,1-2H3. The first-order valence-electron chi connectivity index (χ1n) is 3.74. The maximum atomic E-state index is 5.29. The van der Waals surface area contributed by atoms with Crippen LogP contribution in [-0.4, -0.2) is 35.2 Å². The molecule has 1 fully saturated rings. The van der Waals surface area contributed by atoms with E-state index >= 15 is 0 Å². The van der Waals surface area contributed by atoms with Gasteiger partial charge in [0.05, 0.1) is 5.92 Å². The van der Waals surface area contributed by atoms with Crippen LogP contribution in [0.4, 0.5) is 0 Å². The quantitative estimate of drug-likeness (QED) is 0.586. The van der Waals surface area contributed by atoms with Gasteiger partial charge in [-0.3, -0.25) is 0 Å². The molecule has 0 N–H and O–H groups in total. The van der Waals surface area contributed by atoms with Gasteiger partial charge in [-0.1, -0.05) is 0 Å². The molecule has 2 rings (SSSR count). The zero-order chi connectivity index (χ0) is 7.84. The van der Waals surface area contributed by atoms with Crippen molar-refractivity contribution >= 4 is 0 Å². The van der Waals surface area contributed by atoms with Crippen molar-refractivity contribution < 1.29 is 4.42 Å². The van der Waals surface area contributed by atoms with Crippen molar-refractivity contribution in [3.8, 4) is 0 Å². The smallest absolute Gasteiger partial charge is 0.222 e. The Morgan fingerprint density at radius 3 is 2.64 bits per heavy atom. The number of likely N-dealkylation sites (tertiary alicyclic amines) is 1. The lowest BCUT2D eigenvalue weighted by molar-refractivity contribution is 0.165. The fourth-order valence-corrected chi connectivity index (χ4v) is 1.33. The van der Waals surface area contributed by atoms with E-state index in [0.717, 1.165) is 19.0 Å². The van der Waals surface area contributed by atoms with E-state index in [0.29, 0.717) is 11.8 Å². The minimum atomic E-state index is 0.473. The van der Waals surface area contributed by atoms with E-state index in [1.54, 1.807) is 0 Å². The van der Waals surface area contributed by atoms with Gasteiger partial charge in [0.15, 0.2) is 0 Å². The molecule has 0 saturated carbocycles. The van der Waals surface area contributed by atoms with E-state index in [4.69, 9.17) is 4.42 Å². The molecule has 4 heteroatoms. The van der Waals surface area contributed by atoms with Crippen molar-refractivity contribution in [3.05, 3.63) is 11.8 Å². The number of hydrogen-bond donors (Lipinski definition) is 0. The monoisotopic (exact) mass is 153 g/mol. The Hall–Kier alpha value is -0.900. The fourth-order valence-electron chi connectivity index (χ4n) is 1.33. The summed E-state index contributed by atoms with van der Waals surface area (Å²) >= 11 is 0. The Morgan fingerprint density at radius 2 is 2.18 bits per heavy atom. The topological polar surface area (TPSA) is 42.2 Å². The second-order valence-corrected chi connectivity index (χ2v) is 3.08. The Bertz CT molecular complexity index is 252. The average molecular weight is 153 g/mol. The zero-order valence-corrected chi connectivity index (χ0v) is 6.74. The molecule has 0 aliphatic carbocycles. The third kappa shape index (κ3) is 1.14. The summed E-state index contributed by atoms with van der Waals surface area (Å²) in [6.45, 7) is 3.90. The van der Waals surface area contributed by atoms with Gasteiger partial charge in [-0.15, -0.1) is 10.2 Å². The Kier molecular flexibility index (Phi) is 1.42. The third-order valence-corrected chi connectivity index (χ3v) is 1.96. The van der Waals surface area contributed by atoms with E-state index in [1.165, 1.54) is 0 Å². The molecular weight excluding hydrogens is 142 g/mol. The highest BCUT2D eigenvalue weighted by molar-refractivity contribution is 4.99. The average Bonchev–Trinajstić information content (AvgIpc) is 2.29. The number of likely N-dealkylation sites (N-methyl/N-ethyl adjacent to an activating group) is 1. The molecular formula is C7H11N3O. The maximum Gasteiger partial charge on any atom is 0.222 e. The molecule has 0 bridgehead atoms. The second-order valence-electron chi connectivity index (χ2n) is 3.08. The van der Waals surface area contributed by atoms with Crippen LogP contribution in [0.2, 0.25) is 0 Å². The minimum absolute atomic E-state index is 0.473. The first-order valence-corrected chi connectivity index (χ1v) is 3.74. The summed E-state index contributed by atoms with van der Waals surface area (Å²) in [5.41, 5.74) is 0. The van der Waals surface area contributed by atoms with Crippen LogP contribution in [0.1, 0.15) is 17.7 Å². The van der Waals surface area contributed by atoms with Crippen LogP contribution in [0.25, 0.3) is 0 Å². The third-order valence-electron chi connectivity index (χ3n) is 1.96. The number of hydrogen-bond acceptors (Lipinski definition) is 4. The number of rotatable bonds is 1. The van der Waals surface area contributed by atoms with Crippen LogP contribution >= 0.6 is 0 Å². The van der Waals surface area contributed by atoms with E-state index in [9.17, 15) is 0 Å². The normalized spacial score (nSPS) is 20.2. The van der Waals surface area contributed by atoms with E-state index in [-0.39, 0.29) is 0 Å². The highest BCUT2D eigenvalue weighted by atomic mass is 16.4. The summed E-state index contributed by atoms with van der Waals surface area (Å²) in [7, 11) is 2.08. The maximum absolute atomic E-state index is 5.29. The molecule has 0 radical (unpaired) electrons. The van der Waals surface area contributed by atoms with Crippen molar-refractivity contribution in [2.75, 3.05) is 20.1 Å². The van der Waals surface area contributed by atoms with Crippen molar-refractivity contribution in [1.82, 2.24) is 15.1 Å². The van der Waals surface area contributed by atoms with Gasteiger partial charge in [0.1, 0.15) is 0 Å². The van der Waals surface area contributed by atoms with E-state index in [2.05, 4.69) is 22.1 Å². The van der Waals surface area contributed by atoms with Gasteiger partial charge in [0, 0.05) is 20.0 Å². The molecule has 60 valence electrons. The molecule has 1 aromatic heterocycles. The van der Waals surface area contributed by atoms with E-state index < -0.39 is 0 Å². The van der Waals surface area contributed by atoms with Crippen molar-refractivity contribution in [3.63, 3.8) is 0 Å². The lowest BCUT2D eigenvalue weighted by Crippen LogP contribution is -2.41. The molecule has 1 aliphatic heterocycles. The summed E-state index contributed by atoms with van der Waals surface area (Å²) in [5, 5.41) is 7.74. The van der Waals surface area contributed by atoms with Gasteiger partial charge >= 0.3 is 0 Å². The molecule has 0 spiro atoms. The number of aryl methyl sites for hydroxylation is 1. The Morgan fingerprint density at radius 1 is 1.45 bits per heavy atom. The molecule has 4 nitrogen and oxygen atoms in total. The lowest BCUT2D eigenvalue weighted by Gasteiger charge is -2.33. The Labute approximate surface area is 65.2 Å². The molecule has 1 saturated heterocycles. The largest absolute Gasteiger partial charge is 0.425 e. The van der Waals surface area contributed by atoms with Crippen LogP contribution in [0, 0.1) is 6.92 Å². The molecule has 1 aliphatic rings. The predicted molar refractivity (Wildman–Crippen MR) is 39.3 cm³/mol. The summed E-state index contributed by atoms with van der Waals surface area (Å²) in [5.74, 6) is 1.93. The Balaban J connectivity index is 2.07. The molecule has 1 aromatic rings. The summed E-state index contributed by atoms with van der Waals surface area (Å²) < 4.78 is 5.29. The fraction of sp³-hybridized carbons (Fsp3) is 0.714. The molecule has 0 atom stereocenters. The molecule has 2 heterocycles. The minimum Gasteiger partial charge on any atom is -0.425 e. The van der Waals surface area contributed by atoms with Crippen molar-refractivity contribution in [2.45, 2.75) is 12.8 Å². The van der Waals surface area contributed by atoms with Crippen LogP contribution < -0.4 is 0 Å². The van der Waals surface area contributed by atoms with Crippen LogP contribution in [0.5, 0.6) is 0 Å². The summed E-state index contributed by atoms with van der Waals surface area (Å²) in [6, 6.07) is 0. The molecule has 11 heavy (non-hydrogen) atoms. The summed E-state index contributed by atoms with van der Waals surface area (Å²) in [4.78, 5) is 2.23. The zero-order valence-electron chi connectivity index (χ0n) is 6.74. The van der Waals surface area contributed by atoms with Gasteiger partial charge in [0.25, 0.3) is 0 Å². The van der Waals surface area contributed by atoms with Crippen LogP contribution in [0.3, 0.4) is 0 Å². The predicted octanol–water partition coefficient (Wildman–Crippen LogP) is 0.407. The van der Waals surface area contributed by atoms with Gasteiger partial charge in [-0.25, -0.2) is 0 Å². The van der Waals surface area contributed by atoms with Gasteiger partial charge in [0.2, 0.25) is 11.8 Å². The molecule has 0 unspecified atom stereocenters. The summed E-state index contributed by atoms with van der Waals surface area (Å²) in [6.07, 6.45) is 0. The van der Waals surface area contributed by atoms with Crippen molar-refractivity contribution in [1.29, 1.82) is 0 Å². The first kappa shape index (κ1) is 6.79. The second kappa shape index (κ2) is 2.30. The number of nitrogens with zero attached hydrogens (tertiary/aromatic N) is 3. The first-order chi connectivity index (χ1) is 5.25. The van der Waals surface area contributed by atoms with Gasteiger partial charge < -0.3 is 9.32 Å². The highest BCUT2D eigenvalue weighted by Gasteiger charge is 2.29. The van der Waals surface area contributed by atoms with Crippen LogP contribution in [-0.2, 0) is 0 Å². The van der Waals surface area contributed by atoms with Crippen molar-refractivity contribution in [2.24, 2.45) is 0 Å². The number of aromatic nitrogens is 2. The molecule has 0 amide bonds.